The van der Waals surface area contributed by atoms with Gasteiger partial charge in [-0.3, -0.25) is 0 Å². The highest BCUT2D eigenvalue weighted by atomic mass is 16.5. The first-order chi connectivity index (χ1) is 10.2. The van der Waals surface area contributed by atoms with E-state index in [-0.39, 0.29) is 13.2 Å². The van der Waals surface area contributed by atoms with Crippen LogP contribution >= 0.6 is 0 Å². The Morgan fingerprint density at radius 1 is 1.19 bits per heavy atom. The van der Waals surface area contributed by atoms with E-state index in [1.54, 1.807) is 25.3 Å². The molecule has 0 aliphatic carbocycles. The number of aliphatic hydroxyl groups excluding tert-OH is 1. The SMILES string of the molecule is COc1ccc(C#N)cc1COc1c(C)cccc1CO. The number of nitrogens with zero attached hydrogens (tertiary/aromatic N) is 1. The second-order valence-electron chi connectivity index (χ2n) is 4.65. The summed E-state index contributed by atoms with van der Waals surface area (Å²) in [6.07, 6.45) is 0. The summed E-state index contributed by atoms with van der Waals surface area (Å²) >= 11 is 0. The largest absolute Gasteiger partial charge is 0.496 e. The number of nitriles is 1. The lowest BCUT2D eigenvalue weighted by Gasteiger charge is -2.14. The number of aryl methyl sites for hydroxylation is 1. The van der Waals surface area contributed by atoms with Gasteiger partial charge in [0.15, 0.2) is 0 Å². The Balaban J connectivity index is 2.26. The lowest BCUT2D eigenvalue weighted by atomic mass is 10.1. The van der Waals surface area contributed by atoms with Gasteiger partial charge >= 0.3 is 0 Å². The van der Waals surface area contributed by atoms with Crippen LogP contribution in [0, 0.1) is 18.3 Å². The fourth-order valence-electron chi connectivity index (χ4n) is 2.16. The highest BCUT2D eigenvalue weighted by molar-refractivity contribution is 5.43. The van der Waals surface area contributed by atoms with Gasteiger partial charge in [-0.15, -0.1) is 0 Å². The molecule has 0 saturated heterocycles. The maximum Gasteiger partial charge on any atom is 0.128 e. The van der Waals surface area contributed by atoms with Crippen molar-refractivity contribution in [2.24, 2.45) is 0 Å². The average molecular weight is 283 g/mol. The standard InChI is InChI=1S/C17H17NO3/c1-12-4-3-5-14(10-19)17(12)21-11-15-8-13(9-18)6-7-16(15)20-2/h3-8,19H,10-11H2,1-2H3. The molecule has 0 aliphatic rings. The summed E-state index contributed by atoms with van der Waals surface area (Å²) in [5.41, 5.74) is 3.05. The number of hydrogen-bond acceptors (Lipinski definition) is 4. The van der Waals surface area contributed by atoms with Crippen molar-refractivity contribution < 1.29 is 14.6 Å². The molecule has 21 heavy (non-hydrogen) atoms. The van der Waals surface area contributed by atoms with Crippen LogP contribution in [0.1, 0.15) is 22.3 Å². The molecule has 0 unspecified atom stereocenters. The fraction of sp³-hybridized carbons (Fsp3) is 0.235. The van der Waals surface area contributed by atoms with Gasteiger partial charge in [0.1, 0.15) is 18.1 Å². The van der Waals surface area contributed by atoms with Crippen molar-refractivity contribution in [3.63, 3.8) is 0 Å². The van der Waals surface area contributed by atoms with Crippen LogP contribution in [0.4, 0.5) is 0 Å². The third-order valence-electron chi connectivity index (χ3n) is 3.25. The Morgan fingerprint density at radius 3 is 2.67 bits per heavy atom. The Kier molecular flexibility index (Phi) is 4.81. The Labute approximate surface area is 124 Å². The van der Waals surface area contributed by atoms with E-state index in [1.807, 2.05) is 25.1 Å². The van der Waals surface area contributed by atoms with Crippen molar-refractivity contribution in [2.75, 3.05) is 7.11 Å². The molecule has 0 aliphatic heterocycles. The fourth-order valence-corrected chi connectivity index (χ4v) is 2.16. The highest BCUT2D eigenvalue weighted by Crippen LogP contribution is 2.27. The normalized spacial score (nSPS) is 10.0. The molecular formula is C17H17NO3. The number of aliphatic hydroxyl groups is 1. The van der Waals surface area contributed by atoms with Gasteiger partial charge in [0.2, 0.25) is 0 Å². The molecule has 2 aromatic carbocycles. The third-order valence-corrected chi connectivity index (χ3v) is 3.25. The van der Waals surface area contributed by atoms with Crippen LogP contribution in [0.2, 0.25) is 0 Å². The molecule has 108 valence electrons. The van der Waals surface area contributed by atoms with Crippen LogP contribution < -0.4 is 9.47 Å². The second-order valence-corrected chi connectivity index (χ2v) is 4.65. The van der Waals surface area contributed by atoms with Gasteiger partial charge in [-0.25, -0.2) is 0 Å². The van der Waals surface area contributed by atoms with E-state index in [0.29, 0.717) is 17.1 Å². The highest BCUT2D eigenvalue weighted by Gasteiger charge is 2.09. The van der Waals surface area contributed by atoms with E-state index in [1.165, 1.54) is 0 Å². The molecule has 0 radical (unpaired) electrons. The molecule has 1 N–H and O–H groups in total. The van der Waals surface area contributed by atoms with E-state index in [4.69, 9.17) is 14.7 Å². The van der Waals surface area contributed by atoms with E-state index in [9.17, 15) is 5.11 Å². The van der Waals surface area contributed by atoms with Crippen molar-refractivity contribution in [1.82, 2.24) is 0 Å². The Bertz CT molecular complexity index is 674. The summed E-state index contributed by atoms with van der Waals surface area (Å²) < 4.78 is 11.1. The summed E-state index contributed by atoms with van der Waals surface area (Å²) in [5.74, 6) is 1.34. The van der Waals surface area contributed by atoms with Gasteiger partial charge in [-0.05, 0) is 30.7 Å². The minimum Gasteiger partial charge on any atom is -0.496 e. The van der Waals surface area contributed by atoms with Crippen molar-refractivity contribution in [3.05, 3.63) is 58.7 Å². The molecule has 0 heterocycles. The average Bonchev–Trinajstić information content (AvgIpc) is 2.53. The zero-order chi connectivity index (χ0) is 15.2. The molecule has 4 heteroatoms. The Morgan fingerprint density at radius 2 is 2.00 bits per heavy atom. The molecule has 0 bridgehead atoms. The maximum atomic E-state index is 9.38. The molecule has 0 fully saturated rings. The molecule has 4 nitrogen and oxygen atoms in total. The molecule has 0 atom stereocenters. The molecule has 0 aromatic heterocycles. The smallest absolute Gasteiger partial charge is 0.128 e. The number of ether oxygens (including phenoxy) is 2. The van der Waals surface area contributed by atoms with Gasteiger partial charge in [0, 0.05) is 11.1 Å². The molecule has 2 rings (SSSR count). The minimum absolute atomic E-state index is 0.0770. The third kappa shape index (κ3) is 3.33. The summed E-state index contributed by atoms with van der Waals surface area (Å²) in [7, 11) is 1.58. The molecule has 2 aromatic rings. The quantitative estimate of drug-likeness (QED) is 0.916. The van der Waals surface area contributed by atoms with Gasteiger partial charge in [0.25, 0.3) is 0 Å². The van der Waals surface area contributed by atoms with Crippen LogP contribution in [0.15, 0.2) is 36.4 Å². The molecule has 0 saturated carbocycles. The van der Waals surface area contributed by atoms with Gasteiger partial charge < -0.3 is 14.6 Å². The number of benzene rings is 2. The zero-order valence-corrected chi connectivity index (χ0v) is 12.1. The van der Waals surface area contributed by atoms with E-state index in [0.717, 1.165) is 16.7 Å². The lowest BCUT2D eigenvalue weighted by Crippen LogP contribution is -2.03. The summed E-state index contributed by atoms with van der Waals surface area (Å²) in [6, 6.07) is 12.9. The lowest BCUT2D eigenvalue weighted by molar-refractivity contribution is 0.256. The summed E-state index contributed by atoms with van der Waals surface area (Å²) in [5, 5.41) is 18.3. The van der Waals surface area contributed by atoms with Gasteiger partial charge in [0.05, 0.1) is 25.3 Å². The van der Waals surface area contributed by atoms with E-state index in [2.05, 4.69) is 6.07 Å². The van der Waals surface area contributed by atoms with Gasteiger partial charge in [-0.1, -0.05) is 18.2 Å². The monoisotopic (exact) mass is 283 g/mol. The summed E-state index contributed by atoms with van der Waals surface area (Å²) in [6.45, 7) is 2.13. The minimum atomic E-state index is -0.0770. The van der Waals surface area contributed by atoms with Crippen molar-refractivity contribution in [2.45, 2.75) is 20.1 Å². The van der Waals surface area contributed by atoms with Crippen LogP contribution in [0.3, 0.4) is 0 Å². The van der Waals surface area contributed by atoms with Crippen LogP contribution in [-0.2, 0) is 13.2 Å². The molecular weight excluding hydrogens is 266 g/mol. The maximum absolute atomic E-state index is 9.38. The number of para-hydroxylation sites is 1. The van der Waals surface area contributed by atoms with E-state index >= 15 is 0 Å². The van der Waals surface area contributed by atoms with Crippen LogP contribution in [0.25, 0.3) is 0 Å². The molecule has 0 spiro atoms. The summed E-state index contributed by atoms with van der Waals surface area (Å²) in [4.78, 5) is 0. The van der Waals surface area contributed by atoms with Crippen molar-refractivity contribution in [3.8, 4) is 17.6 Å². The number of rotatable bonds is 5. The van der Waals surface area contributed by atoms with Gasteiger partial charge in [-0.2, -0.15) is 5.26 Å². The van der Waals surface area contributed by atoms with E-state index < -0.39 is 0 Å². The first kappa shape index (κ1) is 14.9. The van der Waals surface area contributed by atoms with Crippen molar-refractivity contribution >= 4 is 0 Å². The number of methoxy groups -OCH3 is 1. The second kappa shape index (κ2) is 6.78. The topological polar surface area (TPSA) is 62.5 Å². The first-order valence-corrected chi connectivity index (χ1v) is 6.58. The molecule has 0 amide bonds. The van der Waals surface area contributed by atoms with Crippen LogP contribution in [0.5, 0.6) is 11.5 Å². The Hall–Kier alpha value is -2.51. The predicted molar refractivity (Wildman–Crippen MR) is 79.1 cm³/mol. The first-order valence-electron chi connectivity index (χ1n) is 6.58. The van der Waals surface area contributed by atoms with Crippen molar-refractivity contribution in [1.29, 1.82) is 5.26 Å². The predicted octanol–water partition coefficient (Wildman–Crippen LogP) is 2.95. The zero-order valence-electron chi connectivity index (χ0n) is 12.1. The van der Waals surface area contributed by atoms with Crippen LogP contribution in [-0.4, -0.2) is 12.2 Å². The number of hydrogen-bond donors (Lipinski definition) is 1.